The van der Waals surface area contributed by atoms with Gasteiger partial charge in [0.15, 0.2) is 18.1 Å². The van der Waals surface area contributed by atoms with Crippen molar-refractivity contribution in [3.63, 3.8) is 0 Å². The second kappa shape index (κ2) is 7.53. The quantitative estimate of drug-likeness (QED) is 0.633. The second-order valence-electron chi connectivity index (χ2n) is 5.97. The lowest BCUT2D eigenvalue weighted by Gasteiger charge is -2.18. The Hall–Kier alpha value is -3.29. The molecule has 0 atom stereocenters. The normalized spacial score (nSPS) is 12.4. The number of benzene rings is 1. The van der Waals surface area contributed by atoms with E-state index in [1.807, 2.05) is 0 Å². The summed E-state index contributed by atoms with van der Waals surface area (Å²) in [6.45, 7) is 3.68. The summed E-state index contributed by atoms with van der Waals surface area (Å²) in [4.78, 5) is 39.3. The molecule has 0 radical (unpaired) electrons. The van der Waals surface area contributed by atoms with Gasteiger partial charge in [-0.25, -0.2) is 9.59 Å². The number of rotatable bonds is 5. The lowest BCUT2D eigenvalue weighted by Crippen LogP contribution is -2.17. The van der Waals surface area contributed by atoms with Crippen LogP contribution in [-0.4, -0.2) is 49.6 Å². The molecule has 3 rings (SSSR count). The van der Waals surface area contributed by atoms with E-state index in [2.05, 4.69) is 4.98 Å². The molecule has 1 aliphatic heterocycles. The van der Waals surface area contributed by atoms with Crippen LogP contribution >= 0.6 is 0 Å². The monoisotopic (exact) mass is 373 g/mol. The molecule has 2 heterocycles. The Kier molecular flexibility index (Phi) is 5.16. The van der Waals surface area contributed by atoms with Gasteiger partial charge in [-0.15, -0.1) is 0 Å². The molecular formula is C19H19NO7. The molecule has 0 amide bonds. The maximum absolute atomic E-state index is 12.4. The van der Waals surface area contributed by atoms with Crippen molar-refractivity contribution in [3.8, 4) is 11.5 Å². The van der Waals surface area contributed by atoms with Crippen molar-refractivity contribution in [2.75, 3.05) is 26.9 Å². The number of ketones is 1. The molecule has 27 heavy (non-hydrogen) atoms. The zero-order chi connectivity index (χ0) is 19.6. The number of aromatic nitrogens is 1. The Balaban J connectivity index is 1.69. The molecule has 0 spiro atoms. The van der Waals surface area contributed by atoms with E-state index in [1.165, 1.54) is 13.2 Å². The third kappa shape index (κ3) is 3.64. The smallest absolute Gasteiger partial charge is 0.339 e. The first-order chi connectivity index (χ1) is 12.9. The molecule has 2 aromatic rings. The van der Waals surface area contributed by atoms with Crippen LogP contribution in [0.25, 0.3) is 0 Å². The molecule has 1 aliphatic rings. The van der Waals surface area contributed by atoms with E-state index in [9.17, 15) is 14.4 Å². The number of H-pyrrole nitrogens is 1. The SMILES string of the molecule is COC(=O)c1c(C)[nH]c(C(=O)COC(=O)c2ccc3c(c2)OCCO3)c1C. The molecule has 1 N–H and O–H groups in total. The zero-order valence-corrected chi connectivity index (χ0v) is 15.2. The van der Waals surface area contributed by atoms with E-state index in [0.29, 0.717) is 41.5 Å². The summed E-state index contributed by atoms with van der Waals surface area (Å²) in [6, 6.07) is 4.68. The molecule has 8 heteroatoms. The molecule has 0 unspecified atom stereocenters. The van der Waals surface area contributed by atoms with Crippen molar-refractivity contribution in [2.24, 2.45) is 0 Å². The van der Waals surface area contributed by atoms with E-state index in [-0.39, 0.29) is 11.3 Å². The van der Waals surface area contributed by atoms with Crippen molar-refractivity contribution in [1.82, 2.24) is 4.98 Å². The Morgan fingerprint density at radius 2 is 1.78 bits per heavy atom. The number of ether oxygens (including phenoxy) is 4. The highest BCUT2D eigenvalue weighted by Crippen LogP contribution is 2.31. The van der Waals surface area contributed by atoms with Crippen LogP contribution in [0.1, 0.15) is 42.5 Å². The van der Waals surface area contributed by atoms with Gasteiger partial charge in [-0.3, -0.25) is 4.79 Å². The fourth-order valence-electron chi connectivity index (χ4n) is 2.89. The molecule has 0 saturated heterocycles. The van der Waals surface area contributed by atoms with Crippen LogP contribution in [0.3, 0.4) is 0 Å². The Bertz CT molecular complexity index is 913. The van der Waals surface area contributed by atoms with Crippen LogP contribution in [0, 0.1) is 13.8 Å². The van der Waals surface area contributed by atoms with Crippen LogP contribution in [0.5, 0.6) is 11.5 Å². The maximum Gasteiger partial charge on any atom is 0.339 e. The van der Waals surface area contributed by atoms with Gasteiger partial charge in [0.25, 0.3) is 0 Å². The van der Waals surface area contributed by atoms with Gasteiger partial charge in [0, 0.05) is 5.69 Å². The molecule has 1 aromatic heterocycles. The Morgan fingerprint density at radius 1 is 1.07 bits per heavy atom. The average Bonchev–Trinajstić information content (AvgIpc) is 2.99. The molecular weight excluding hydrogens is 354 g/mol. The van der Waals surface area contributed by atoms with Crippen LogP contribution < -0.4 is 9.47 Å². The number of hydrogen-bond acceptors (Lipinski definition) is 7. The predicted octanol–water partition coefficient (Wildman–Crippen LogP) is 2.23. The number of aromatic amines is 1. The highest BCUT2D eigenvalue weighted by atomic mass is 16.6. The number of hydrogen-bond donors (Lipinski definition) is 1. The van der Waals surface area contributed by atoms with Gasteiger partial charge in [-0.2, -0.15) is 0 Å². The molecule has 142 valence electrons. The van der Waals surface area contributed by atoms with Crippen molar-refractivity contribution < 1.29 is 33.3 Å². The minimum absolute atomic E-state index is 0.211. The van der Waals surface area contributed by atoms with Crippen molar-refractivity contribution >= 4 is 17.7 Å². The van der Waals surface area contributed by atoms with Crippen molar-refractivity contribution in [1.29, 1.82) is 0 Å². The van der Waals surface area contributed by atoms with Crippen LogP contribution in [0.2, 0.25) is 0 Å². The lowest BCUT2D eigenvalue weighted by atomic mass is 10.1. The first kappa shape index (κ1) is 18.5. The number of carbonyl (C=O) groups is 3. The first-order valence-corrected chi connectivity index (χ1v) is 8.29. The van der Waals surface area contributed by atoms with Gasteiger partial charge in [0.2, 0.25) is 5.78 Å². The molecule has 0 saturated carbocycles. The van der Waals surface area contributed by atoms with Crippen LogP contribution in [0.4, 0.5) is 0 Å². The van der Waals surface area contributed by atoms with E-state index < -0.39 is 24.3 Å². The van der Waals surface area contributed by atoms with E-state index in [0.717, 1.165) is 0 Å². The fourth-order valence-corrected chi connectivity index (χ4v) is 2.89. The summed E-state index contributed by atoms with van der Waals surface area (Å²) in [5.74, 6) is -0.623. The number of Topliss-reactive ketones (excluding diaryl/α,β-unsaturated/α-hetero) is 1. The third-order valence-corrected chi connectivity index (χ3v) is 4.22. The molecule has 1 aromatic carbocycles. The van der Waals surface area contributed by atoms with Gasteiger partial charge >= 0.3 is 11.9 Å². The largest absolute Gasteiger partial charge is 0.486 e. The molecule has 0 aliphatic carbocycles. The first-order valence-electron chi connectivity index (χ1n) is 8.29. The summed E-state index contributed by atoms with van der Waals surface area (Å²) in [6.07, 6.45) is 0. The van der Waals surface area contributed by atoms with Gasteiger partial charge < -0.3 is 23.9 Å². The second-order valence-corrected chi connectivity index (χ2v) is 5.97. The molecule has 8 nitrogen and oxygen atoms in total. The Labute approximate surface area is 155 Å². The van der Waals surface area contributed by atoms with E-state index in [1.54, 1.807) is 26.0 Å². The number of esters is 2. The van der Waals surface area contributed by atoms with Gasteiger partial charge in [0.1, 0.15) is 13.2 Å². The van der Waals surface area contributed by atoms with E-state index in [4.69, 9.17) is 18.9 Å². The highest BCUT2D eigenvalue weighted by molar-refractivity contribution is 6.03. The van der Waals surface area contributed by atoms with Gasteiger partial charge in [0.05, 0.1) is 23.9 Å². The van der Waals surface area contributed by atoms with Crippen molar-refractivity contribution in [2.45, 2.75) is 13.8 Å². The predicted molar refractivity (Wildman–Crippen MR) is 93.7 cm³/mol. The topological polar surface area (TPSA) is 104 Å². The number of nitrogens with one attached hydrogen (secondary N) is 1. The Morgan fingerprint density at radius 3 is 2.48 bits per heavy atom. The van der Waals surface area contributed by atoms with Gasteiger partial charge in [-0.1, -0.05) is 0 Å². The van der Waals surface area contributed by atoms with Crippen LogP contribution in [0.15, 0.2) is 18.2 Å². The minimum atomic E-state index is -0.658. The van der Waals surface area contributed by atoms with E-state index >= 15 is 0 Å². The summed E-state index contributed by atoms with van der Waals surface area (Å²) in [5, 5.41) is 0. The number of aryl methyl sites for hydroxylation is 1. The molecule has 0 bridgehead atoms. The number of methoxy groups -OCH3 is 1. The third-order valence-electron chi connectivity index (χ3n) is 4.22. The van der Waals surface area contributed by atoms with Crippen LogP contribution in [-0.2, 0) is 9.47 Å². The summed E-state index contributed by atoms with van der Waals surface area (Å²) < 4.78 is 20.6. The maximum atomic E-state index is 12.4. The number of carbonyl (C=O) groups excluding carboxylic acids is 3. The standard InChI is InChI=1S/C19H19NO7/c1-10-16(19(23)24-3)11(2)20-17(10)13(21)9-27-18(22)12-4-5-14-15(8-12)26-7-6-25-14/h4-5,8,20H,6-7,9H2,1-3H3. The average molecular weight is 373 g/mol. The van der Waals surface area contributed by atoms with Gasteiger partial charge in [-0.05, 0) is 37.6 Å². The highest BCUT2D eigenvalue weighted by Gasteiger charge is 2.23. The number of fused-ring (bicyclic) bond motifs is 1. The fraction of sp³-hybridized carbons (Fsp3) is 0.316. The molecule has 0 fully saturated rings. The van der Waals surface area contributed by atoms with Crippen molar-refractivity contribution in [3.05, 3.63) is 46.3 Å². The summed E-state index contributed by atoms with van der Waals surface area (Å²) >= 11 is 0. The summed E-state index contributed by atoms with van der Waals surface area (Å²) in [7, 11) is 1.27. The minimum Gasteiger partial charge on any atom is -0.486 e. The zero-order valence-electron chi connectivity index (χ0n) is 15.2. The summed E-state index contributed by atoms with van der Waals surface area (Å²) in [5.41, 5.74) is 1.74. The lowest BCUT2D eigenvalue weighted by molar-refractivity contribution is 0.0472.